The lowest BCUT2D eigenvalue weighted by atomic mass is 9.87. The van der Waals surface area contributed by atoms with Gasteiger partial charge < -0.3 is 5.32 Å². The molecular formula is C20H26N4O2S2. The molecule has 0 bridgehead atoms. The highest BCUT2D eigenvalue weighted by Crippen LogP contribution is 2.21. The molecule has 2 aromatic carbocycles. The number of rotatable bonds is 5. The van der Waals surface area contributed by atoms with Gasteiger partial charge in [-0.3, -0.25) is 5.43 Å². The van der Waals surface area contributed by atoms with Gasteiger partial charge in [-0.25, -0.2) is 12.7 Å². The molecule has 6 nitrogen and oxygen atoms in total. The summed E-state index contributed by atoms with van der Waals surface area (Å²) in [5.74, 6) is 0. The smallest absolute Gasteiger partial charge is 0.242 e. The highest BCUT2D eigenvalue weighted by Gasteiger charge is 2.17. The van der Waals surface area contributed by atoms with Gasteiger partial charge in [0.15, 0.2) is 5.11 Å². The van der Waals surface area contributed by atoms with Crippen LogP contribution in [0.3, 0.4) is 0 Å². The fraction of sp³-hybridized carbons (Fsp3) is 0.300. The number of hydrogen-bond donors (Lipinski definition) is 2. The van der Waals surface area contributed by atoms with Gasteiger partial charge in [0.25, 0.3) is 0 Å². The molecule has 0 fully saturated rings. The first-order chi connectivity index (χ1) is 13.0. The summed E-state index contributed by atoms with van der Waals surface area (Å²) in [6.07, 6.45) is 1.67. The normalized spacial score (nSPS) is 12.4. The number of nitrogens with one attached hydrogen (secondary N) is 2. The minimum atomic E-state index is -3.50. The first-order valence-corrected chi connectivity index (χ1v) is 10.6. The number of thiocarbonyl (C=S) groups is 1. The van der Waals surface area contributed by atoms with Crippen molar-refractivity contribution in [3.8, 4) is 0 Å². The third kappa shape index (κ3) is 5.85. The van der Waals surface area contributed by atoms with Crippen LogP contribution < -0.4 is 10.7 Å². The predicted octanol–water partition coefficient (Wildman–Crippen LogP) is 3.55. The third-order valence-electron chi connectivity index (χ3n) is 4.03. The largest absolute Gasteiger partial charge is 0.331 e. The van der Waals surface area contributed by atoms with Gasteiger partial charge in [0.1, 0.15) is 0 Å². The molecule has 150 valence electrons. The number of sulfonamides is 1. The van der Waals surface area contributed by atoms with E-state index in [0.717, 1.165) is 9.87 Å². The Kier molecular flexibility index (Phi) is 6.92. The molecule has 0 radical (unpaired) electrons. The van der Waals surface area contributed by atoms with Gasteiger partial charge in [0.05, 0.1) is 11.1 Å². The molecule has 0 aliphatic carbocycles. The maximum Gasteiger partial charge on any atom is 0.242 e. The summed E-state index contributed by atoms with van der Waals surface area (Å²) < 4.78 is 25.6. The van der Waals surface area contributed by atoms with Gasteiger partial charge in [-0.05, 0) is 47.0 Å². The molecular weight excluding hydrogens is 392 g/mol. The zero-order valence-electron chi connectivity index (χ0n) is 16.7. The minimum absolute atomic E-state index is 0.105. The van der Waals surface area contributed by atoms with Gasteiger partial charge in [0.2, 0.25) is 10.0 Å². The van der Waals surface area contributed by atoms with Crippen LogP contribution in [0.4, 0.5) is 5.69 Å². The second-order valence-electron chi connectivity index (χ2n) is 7.51. The topological polar surface area (TPSA) is 73.8 Å². The first kappa shape index (κ1) is 22.0. The molecule has 0 heterocycles. The molecule has 0 aromatic heterocycles. The van der Waals surface area contributed by atoms with Crippen molar-refractivity contribution in [2.24, 2.45) is 5.10 Å². The van der Waals surface area contributed by atoms with Crippen LogP contribution in [-0.4, -0.2) is 38.1 Å². The van der Waals surface area contributed by atoms with Crippen molar-refractivity contribution in [1.29, 1.82) is 0 Å². The molecule has 0 aliphatic rings. The van der Waals surface area contributed by atoms with Crippen molar-refractivity contribution < 1.29 is 8.42 Å². The molecule has 8 heteroatoms. The number of hydrogen-bond acceptors (Lipinski definition) is 4. The van der Waals surface area contributed by atoms with Crippen molar-refractivity contribution in [1.82, 2.24) is 9.73 Å². The predicted molar refractivity (Wildman–Crippen MR) is 119 cm³/mol. The molecule has 28 heavy (non-hydrogen) atoms. The van der Waals surface area contributed by atoms with E-state index in [-0.39, 0.29) is 15.4 Å². The molecule has 2 aromatic rings. The van der Waals surface area contributed by atoms with Crippen LogP contribution >= 0.6 is 12.2 Å². The summed E-state index contributed by atoms with van der Waals surface area (Å²) >= 11 is 5.21. The Morgan fingerprint density at radius 3 is 2.32 bits per heavy atom. The summed E-state index contributed by atoms with van der Waals surface area (Å²) in [7, 11) is -0.521. The summed E-state index contributed by atoms with van der Waals surface area (Å²) in [5.41, 5.74) is 5.60. The lowest BCUT2D eigenvalue weighted by molar-refractivity contribution is 0.521. The fourth-order valence-electron chi connectivity index (χ4n) is 2.34. The zero-order valence-corrected chi connectivity index (χ0v) is 18.4. The van der Waals surface area contributed by atoms with Gasteiger partial charge >= 0.3 is 0 Å². The van der Waals surface area contributed by atoms with Crippen molar-refractivity contribution in [2.45, 2.75) is 31.1 Å². The fourth-order valence-corrected chi connectivity index (χ4v) is 3.46. The quantitative estimate of drug-likeness (QED) is 0.441. The van der Waals surface area contributed by atoms with E-state index in [2.05, 4.69) is 48.7 Å². The summed E-state index contributed by atoms with van der Waals surface area (Å²) in [6, 6.07) is 14.6. The third-order valence-corrected chi connectivity index (χ3v) is 6.03. The van der Waals surface area contributed by atoms with Gasteiger partial charge in [-0.15, -0.1) is 0 Å². The van der Waals surface area contributed by atoms with Crippen molar-refractivity contribution in [3.05, 3.63) is 59.7 Å². The van der Waals surface area contributed by atoms with E-state index in [1.807, 2.05) is 12.1 Å². The van der Waals surface area contributed by atoms with E-state index in [4.69, 9.17) is 12.2 Å². The van der Waals surface area contributed by atoms with Gasteiger partial charge in [-0.2, -0.15) is 5.10 Å². The molecule has 2 rings (SSSR count). The number of nitrogens with zero attached hydrogens (tertiary/aromatic N) is 2. The highest BCUT2D eigenvalue weighted by atomic mass is 32.2. The molecule has 0 amide bonds. The standard InChI is InChI=1S/C20H26N4O2S2/c1-20(2,3)16-11-9-15(10-12-16)14-21-23-19(27)22-17-7-6-8-18(13-17)28(25,26)24(4)5/h6-14H,1-5H3,(H2,22,23,27). The average molecular weight is 419 g/mol. The molecule has 0 unspecified atom stereocenters. The molecule has 0 saturated carbocycles. The first-order valence-electron chi connectivity index (χ1n) is 8.73. The maximum absolute atomic E-state index is 12.2. The van der Waals surface area contributed by atoms with E-state index in [0.29, 0.717) is 5.69 Å². The summed E-state index contributed by atoms with van der Waals surface area (Å²) in [6.45, 7) is 6.50. The van der Waals surface area contributed by atoms with Crippen molar-refractivity contribution >= 4 is 39.3 Å². The van der Waals surface area contributed by atoms with E-state index >= 15 is 0 Å². The van der Waals surface area contributed by atoms with Gasteiger partial charge in [-0.1, -0.05) is 51.1 Å². The Morgan fingerprint density at radius 2 is 1.75 bits per heavy atom. The Morgan fingerprint density at radius 1 is 1.11 bits per heavy atom. The average Bonchev–Trinajstić information content (AvgIpc) is 2.61. The summed E-state index contributed by atoms with van der Waals surface area (Å²) in [5, 5.41) is 7.32. The summed E-state index contributed by atoms with van der Waals surface area (Å²) in [4.78, 5) is 0.188. The zero-order chi connectivity index (χ0) is 20.9. The second-order valence-corrected chi connectivity index (χ2v) is 10.1. The lowest BCUT2D eigenvalue weighted by Gasteiger charge is -2.18. The second kappa shape index (κ2) is 8.81. The number of benzene rings is 2. The van der Waals surface area contributed by atoms with Crippen LogP contribution in [0, 0.1) is 0 Å². The SMILES string of the molecule is CN(C)S(=O)(=O)c1cccc(NC(=S)NN=Cc2ccc(C(C)(C)C)cc2)c1. The van der Waals surface area contributed by atoms with Crippen LogP contribution in [0.25, 0.3) is 0 Å². The highest BCUT2D eigenvalue weighted by molar-refractivity contribution is 7.89. The monoisotopic (exact) mass is 418 g/mol. The van der Waals surface area contributed by atoms with Crippen LogP contribution in [0.2, 0.25) is 0 Å². The van der Waals surface area contributed by atoms with E-state index in [1.54, 1.807) is 18.3 Å². The van der Waals surface area contributed by atoms with Crippen LogP contribution in [0.5, 0.6) is 0 Å². The van der Waals surface area contributed by atoms with E-state index in [9.17, 15) is 8.42 Å². The van der Waals surface area contributed by atoms with E-state index in [1.165, 1.54) is 31.8 Å². The molecule has 0 atom stereocenters. The Labute approximate surface area is 172 Å². The molecule has 2 N–H and O–H groups in total. The van der Waals surface area contributed by atoms with Gasteiger partial charge in [0, 0.05) is 19.8 Å². The van der Waals surface area contributed by atoms with Crippen LogP contribution in [0.15, 0.2) is 58.5 Å². The molecule has 0 spiro atoms. The minimum Gasteiger partial charge on any atom is -0.331 e. The van der Waals surface area contributed by atoms with Crippen molar-refractivity contribution in [3.63, 3.8) is 0 Å². The Hall–Kier alpha value is -2.29. The maximum atomic E-state index is 12.2. The van der Waals surface area contributed by atoms with Crippen LogP contribution in [0.1, 0.15) is 31.9 Å². The van der Waals surface area contributed by atoms with E-state index < -0.39 is 10.0 Å². The molecule has 0 aliphatic heterocycles. The number of anilines is 1. The van der Waals surface area contributed by atoms with Crippen LogP contribution in [-0.2, 0) is 15.4 Å². The van der Waals surface area contributed by atoms with Crippen molar-refractivity contribution in [2.75, 3.05) is 19.4 Å². The Balaban J connectivity index is 1.99. The number of hydrazone groups is 1. The lowest BCUT2D eigenvalue weighted by Crippen LogP contribution is -2.25. The molecule has 0 saturated heterocycles. The Bertz CT molecular complexity index is 960.